The fraction of sp³-hybridized carbons (Fsp3) is 0.250. The van der Waals surface area contributed by atoms with Crippen LogP contribution < -0.4 is 10.6 Å². The standard InChI is InChI=1S/C20H23N5O2S/c1-4-28(26,27)17-12-8-11-16(13-17)22-20-24-18(15-9-6-5-7-10-15)23-19(25-20)21-14(2)3/h5-14H,4H2,1-3H3,(H2,21,22,23,24,25). The van der Waals surface area contributed by atoms with E-state index in [1.54, 1.807) is 31.2 Å². The second-order valence-electron chi connectivity index (χ2n) is 6.53. The van der Waals surface area contributed by atoms with Crippen LogP contribution in [0.3, 0.4) is 0 Å². The van der Waals surface area contributed by atoms with Gasteiger partial charge in [-0.3, -0.25) is 0 Å². The molecule has 0 fully saturated rings. The van der Waals surface area contributed by atoms with Crippen LogP contribution in [0.2, 0.25) is 0 Å². The van der Waals surface area contributed by atoms with Gasteiger partial charge < -0.3 is 10.6 Å². The molecule has 0 aliphatic rings. The average molecular weight is 398 g/mol. The Balaban J connectivity index is 1.98. The summed E-state index contributed by atoms with van der Waals surface area (Å²) >= 11 is 0. The molecule has 2 N–H and O–H groups in total. The highest BCUT2D eigenvalue weighted by atomic mass is 32.2. The van der Waals surface area contributed by atoms with Crippen molar-refractivity contribution in [1.29, 1.82) is 0 Å². The summed E-state index contributed by atoms with van der Waals surface area (Å²) in [5.74, 6) is 1.35. The first-order valence-electron chi connectivity index (χ1n) is 9.05. The molecule has 146 valence electrons. The topological polar surface area (TPSA) is 96.9 Å². The highest BCUT2D eigenvalue weighted by molar-refractivity contribution is 7.91. The molecule has 7 nitrogen and oxygen atoms in total. The predicted octanol–water partition coefficient (Wildman–Crippen LogP) is 3.90. The van der Waals surface area contributed by atoms with Crippen molar-refractivity contribution in [2.45, 2.75) is 31.7 Å². The molecular formula is C20H23N5O2S. The molecule has 0 radical (unpaired) electrons. The van der Waals surface area contributed by atoms with Crippen molar-refractivity contribution in [3.05, 3.63) is 54.6 Å². The van der Waals surface area contributed by atoms with E-state index >= 15 is 0 Å². The van der Waals surface area contributed by atoms with Crippen LogP contribution in [0.5, 0.6) is 0 Å². The molecule has 0 aliphatic carbocycles. The summed E-state index contributed by atoms with van der Waals surface area (Å²) in [4.78, 5) is 13.7. The maximum Gasteiger partial charge on any atom is 0.232 e. The van der Waals surface area contributed by atoms with E-state index in [4.69, 9.17) is 0 Å². The monoisotopic (exact) mass is 397 g/mol. The fourth-order valence-electron chi connectivity index (χ4n) is 2.53. The molecule has 2 aromatic carbocycles. The van der Waals surface area contributed by atoms with Gasteiger partial charge in [-0.25, -0.2) is 8.42 Å². The zero-order valence-corrected chi connectivity index (χ0v) is 16.9. The van der Waals surface area contributed by atoms with Gasteiger partial charge in [0.1, 0.15) is 0 Å². The number of hydrogen-bond donors (Lipinski definition) is 2. The summed E-state index contributed by atoms with van der Waals surface area (Å²) in [6.45, 7) is 5.62. The Morgan fingerprint density at radius 1 is 0.929 bits per heavy atom. The normalized spacial score (nSPS) is 11.4. The molecule has 0 atom stereocenters. The van der Waals surface area contributed by atoms with Crippen LogP contribution in [-0.2, 0) is 9.84 Å². The van der Waals surface area contributed by atoms with E-state index in [0.717, 1.165) is 5.56 Å². The van der Waals surface area contributed by atoms with E-state index < -0.39 is 9.84 Å². The molecule has 3 rings (SSSR count). The lowest BCUT2D eigenvalue weighted by atomic mass is 10.2. The molecule has 0 saturated heterocycles. The zero-order valence-electron chi connectivity index (χ0n) is 16.0. The number of nitrogens with zero attached hydrogens (tertiary/aromatic N) is 3. The molecule has 1 heterocycles. The Labute approximate surface area is 165 Å². The van der Waals surface area contributed by atoms with Crippen molar-refractivity contribution in [3.8, 4) is 11.4 Å². The van der Waals surface area contributed by atoms with Gasteiger partial charge in [0.15, 0.2) is 15.7 Å². The summed E-state index contributed by atoms with van der Waals surface area (Å²) in [5.41, 5.74) is 1.46. The number of hydrogen-bond acceptors (Lipinski definition) is 7. The molecule has 0 spiro atoms. The Morgan fingerprint density at radius 3 is 2.32 bits per heavy atom. The van der Waals surface area contributed by atoms with Gasteiger partial charge in [-0.15, -0.1) is 0 Å². The van der Waals surface area contributed by atoms with Crippen molar-refractivity contribution < 1.29 is 8.42 Å². The van der Waals surface area contributed by atoms with E-state index in [9.17, 15) is 8.42 Å². The summed E-state index contributed by atoms with van der Waals surface area (Å²) in [7, 11) is -3.29. The Hall–Kier alpha value is -3.00. The van der Waals surface area contributed by atoms with E-state index in [2.05, 4.69) is 25.6 Å². The number of nitrogens with one attached hydrogen (secondary N) is 2. The summed E-state index contributed by atoms with van der Waals surface area (Å²) in [6.07, 6.45) is 0. The minimum absolute atomic E-state index is 0.0445. The van der Waals surface area contributed by atoms with Gasteiger partial charge in [-0.1, -0.05) is 43.3 Å². The lowest BCUT2D eigenvalue weighted by Gasteiger charge is -2.12. The van der Waals surface area contributed by atoms with Crippen LogP contribution in [0.1, 0.15) is 20.8 Å². The zero-order chi connectivity index (χ0) is 20.1. The van der Waals surface area contributed by atoms with Gasteiger partial charge in [0.05, 0.1) is 10.6 Å². The first-order chi connectivity index (χ1) is 13.4. The van der Waals surface area contributed by atoms with E-state index in [0.29, 0.717) is 23.4 Å². The van der Waals surface area contributed by atoms with Gasteiger partial charge in [-0.2, -0.15) is 15.0 Å². The molecule has 0 saturated carbocycles. The molecule has 1 aromatic heterocycles. The van der Waals surface area contributed by atoms with Gasteiger partial charge in [0.25, 0.3) is 0 Å². The first kappa shape index (κ1) is 19.8. The second kappa shape index (κ2) is 8.35. The maximum absolute atomic E-state index is 12.1. The molecule has 28 heavy (non-hydrogen) atoms. The summed E-state index contributed by atoms with van der Waals surface area (Å²) in [6, 6.07) is 16.4. The van der Waals surface area contributed by atoms with Crippen molar-refractivity contribution in [3.63, 3.8) is 0 Å². The number of rotatable bonds is 7. The van der Waals surface area contributed by atoms with E-state index in [1.807, 2.05) is 44.2 Å². The Morgan fingerprint density at radius 2 is 1.64 bits per heavy atom. The molecular weight excluding hydrogens is 374 g/mol. The smallest absolute Gasteiger partial charge is 0.232 e. The number of benzene rings is 2. The van der Waals surface area contributed by atoms with Crippen LogP contribution in [0.15, 0.2) is 59.5 Å². The number of sulfone groups is 1. The van der Waals surface area contributed by atoms with Gasteiger partial charge in [0, 0.05) is 17.3 Å². The van der Waals surface area contributed by atoms with Crippen molar-refractivity contribution >= 4 is 27.4 Å². The lowest BCUT2D eigenvalue weighted by Crippen LogP contribution is -2.14. The lowest BCUT2D eigenvalue weighted by molar-refractivity contribution is 0.597. The predicted molar refractivity (Wildman–Crippen MR) is 111 cm³/mol. The van der Waals surface area contributed by atoms with Crippen molar-refractivity contribution in [2.24, 2.45) is 0 Å². The van der Waals surface area contributed by atoms with Crippen LogP contribution in [-0.4, -0.2) is 35.2 Å². The summed E-state index contributed by atoms with van der Waals surface area (Å²) in [5, 5.41) is 6.29. The van der Waals surface area contributed by atoms with Crippen molar-refractivity contribution in [1.82, 2.24) is 15.0 Å². The summed E-state index contributed by atoms with van der Waals surface area (Å²) < 4.78 is 24.3. The minimum atomic E-state index is -3.29. The SMILES string of the molecule is CCS(=O)(=O)c1cccc(Nc2nc(NC(C)C)nc(-c3ccccc3)n2)c1. The van der Waals surface area contributed by atoms with Gasteiger partial charge >= 0.3 is 0 Å². The maximum atomic E-state index is 12.1. The first-order valence-corrected chi connectivity index (χ1v) is 10.7. The van der Waals surface area contributed by atoms with Crippen molar-refractivity contribution in [2.75, 3.05) is 16.4 Å². The number of anilines is 3. The fourth-order valence-corrected chi connectivity index (χ4v) is 3.46. The highest BCUT2D eigenvalue weighted by Gasteiger charge is 2.13. The van der Waals surface area contributed by atoms with Gasteiger partial charge in [0.2, 0.25) is 11.9 Å². The van der Waals surface area contributed by atoms with Crippen LogP contribution >= 0.6 is 0 Å². The molecule has 0 bridgehead atoms. The third kappa shape index (κ3) is 4.83. The van der Waals surface area contributed by atoms with Crippen LogP contribution in [0.25, 0.3) is 11.4 Å². The Kier molecular flexibility index (Phi) is 5.89. The quantitative estimate of drug-likeness (QED) is 0.624. The number of aromatic nitrogens is 3. The van der Waals surface area contributed by atoms with Gasteiger partial charge in [-0.05, 0) is 32.0 Å². The van der Waals surface area contributed by atoms with E-state index in [1.165, 1.54) is 0 Å². The minimum Gasteiger partial charge on any atom is -0.352 e. The average Bonchev–Trinajstić information content (AvgIpc) is 2.68. The third-order valence-corrected chi connectivity index (χ3v) is 5.65. The van der Waals surface area contributed by atoms with Crippen LogP contribution in [0.4, 0.5) is 17.6 Å². The van der Waals surface area contributed by atoms with Crippen LogP contribution in [0, 0.1) is 0 Å². The largest absolute Gasteiger partial charge is 0.352 e. The Bertz CT molecular complexity index is 1050. The molecule has 0 amide bonds. The third-order valence-electron chi connectivity index (χ3n) is 3.91. The second-order valence-corrected chi connectivity index (χ2v) is 8.81. The molecule has 0 aliphatic heterocycles. The highest BCUT2D eigenvalue weighted by Crippen LogP contribution is 2.22. The molecule has 3 aromatic rings. The molecule has 8 heteroatoms. The molecule has 0 unspecified atom stereocenters. The van der Waals surface area contributed by atoms with E-state index in [-0.39, 0.29) is 16.7 Å².